The number of benzene rings is 3. The van der Waals surface area contributed by atoms with Gasteiger partial charge in [0.1, 0.15) is 23.7 Å². The van der Waals surface area contributed by atoms with E-state index < -0.39 is 0 Å². The van der Waals surface area contributed by atoms with Crippen molar-refractivity contribution in [3.8, 4) is 11.5 Å². The van der Waals surface area contributed by atoms with E-state index >= 15 is 0 Å². The zero-order valence-electron chi connectivity index (χ0n) is 14.0. The summed E-state index contributed by atoms with van der Waals surface area (Å²) in [6.45, 7) is 0.913. The fraction of sp³-hybridized carbons (Fsp3) is 0.143. The highest BCUT2D eigenvalue weighted by molar-refractivity contribution is 5.42. The van der Waals surface area contributed by atoms with Gasteiger partial charge in [0.2, 0.25) is 0 Å². The molecule has 0 bridgehead atoms. The maximum absolute atomic E-state index is 5.93. The van der Waals surface area contributed by atoms with Gasteiger partial charge in [0, 0.05) is 5.56 Å². The van der Waals surface area contributed by atoms with Crippen LogP contribution in [0.25, 0.3) is 0 Å². The molecule has 0 amide bonds. The zero-order chi connectivity index (χ0) is 16.1. The number of rotatable bonds is 5. The molecule has 0 radical (unpaired) electrons. The Morgan fingerprint density at radius 1 is 0.708 bits per heavy atom. The fourth-order valence-corrected chi connectivity index (χ4v) is 2.71. The molecule has 0 aliphatic heterocycles. The first kappa shape index (κ1) is 18.2. The summed E-state index contributed by atoms with van der Waals surface area (Å²) in [7, 11) is 4.44. The maximum atomic E-state index is 5.93. The van der Waals surface area contributed by atoms with E-state index in [1.165, 1.54) is 11.3 Å². The highest BCUT2D eigenvalue weighted by atomic mass is 79.9. The van der Waals surface area contributed by atoms with Crippen LogP contribution in [0.3, 0.4) is 0 Å². The number of para-hydroxylation sites is 2. The largest absolute Gasteiger partial charge is 1.00 e. The summed E-state index contributed by atoms with van der Waals surface area (Å²) in [6, 6.07) is 28.8. The molecule has 3 aromatic rings. The van der Waals surface area contributed by atoms with Crippen molar-refractivity contribution in [2.45, 2.75) is 6.54 Å². The van der Waals surface area contributed by atoms with Gasteiger partial charge in [-0.2, -0.15) is 0 Å². The lowest BCUT2D eigenvalue weighted by atomic mass is 10.1. The second kappa shape index (κ2) is 8.13. The number of nitrogens with zero attached hydrogens (tertiary/aromatic N) is 1. The summed E-state index contributed by atoms with van der Waals surface area (Å²) in [5.41, 5.74) is 2.55. The highest BCUT2D eigenvalue weighted by Crippen LogP contribution is 2.25. The van der Waals surface area contributed by atoms with E-state index in [0.717, 1.165) is 22.5 Å². The highest BCUT2D eigenvalue weighted by Gasteiger charge is 2.19. The monoisotopic (exact) mass is 383 g/mol. The predicted molar refractivity (Wildman–Crippen MR) is 96.7 cm³/mol. The number of quaternary nitrogens is 1. The van der Waals surface area contributed by atoms with Crippen LogP contribution in [0.2, 0.25) is 0 Å². The lowest BCUT2D eigenvalue weighted by molar-refractivity contribution is -0.00000540. The Morgan fingerprint density at radius 3 is 1.96 bits per heavy atom. The lowest BCUT2D eigenvalue weighted by Gasteiger charge is -2.29. The molecule has 0 aromatic heterocycles. The molecule has 0 fully saturated rings. The van der Waals surface area contributed by atoms with Crippen molar-refractivity contribution in [2.75, 3.05) is 14.1 Å². The Morgan fingerprint density at radius 2 is 1.29 bits per heavy atom. The van der Waals surface area contributed by atoms with Crippen LogP contribution in [0.15, 0.2) is 84.9 Å². The van der Waals surface area contributed by atoms with E-state index in [1.807, 2.05) is 36.4 Å². The normalized spacial score (nSPS) is 10.8. The summed E-state index contributed by atoms with van der Waals surface area (Å²) in [5, 5.41) is 0. The minimum Gasteiger partial charge on any atom is -1.00 e. The van der Waals surface area contributed by atoms with Gasteiger partial charge in [-0.3, -0.25) is 4.48 Å². The van der Waals surface area contributed by atoms with Crippen molar-refractivity contribution in [1.29, 1.82) is 0 Å². The third-order valence-electron chi connectivity index (χ3n) is 3.91. The molecule has 0 saturated carbocycles. The molecule has 2 nitrogen and oxygen atoms in total. The van der Waals surface area contributed by atoms with Gasteiger partial charge >= 0.3 is 0 Å². The van der Waals surface area contributed by atoms with Crippen molar-refractivity contribution >= 4 is 5.69 Å². The molecule has 0 atom stereocenters. The molecule has 124 valence electrons. The lowest BCUT2D eigenvalue weighted by Crippen LogP contribution is -3.00. The van der Waals surface area contributed by atoms with E-state index in [9.17, 15) is 0 Å². The molecule has 0 saturated heterocycles. The standard InChI is InChI=1S/C21H22NO.BrH/c1-22(2,19-11-5-3-6-12-19)17-18-10-9-15-21(16-18)23-20-13-7-4-8-14-20;/h3-16H,17H2,1-2H3;1H/q+1;/p-1. The summed E-state index contributed by atoms with van der Waals surface area (Å²) < 4.78 is 6.73. The van der Waals surface area contributed by atoms with E-state index in [-0.39, 0.29) is 17.0 Å². The average Bonchev–Trinajstić information content (AvgIpc) is 2.56. The van der Waals surface area contributed by atoms with Crippen molar-refractivity contribution in [2.24, 2.45) is 0 Å². The van der Waals surface area contributed by atoms with E-state index in [0.29, 0.717) is 0 Å². The van der Waals surface area contributed by atoms with Gasteiger partial charge < -0.3 is 21.7 Å². The molecule has 0 aliphatic rings. The Labute approximate surface area is 154 Å². The first-order valence-corrected chi connectivity index (χ1v) is 7.84. The minimum atomic E-state index is 0. The Hall–Kier alpha value is -2.10. The fourth-order valence-electron chi connectivity index (χ4n) is 2.71. The first-order valence-electron chi connectivity index (χ1n) is 7.84. The van der Waals surface area contributed by atoms with Crippen LogP contribution < -0.4 is 26.2 Å². The van der Waals surface area contributed by atoms with Crippen LogP contribution in [-0.4, -0.2) is 14.1 Å². The number of hydrogen-bond acceptors (Lipinski definition) is 1. The zero-order valence-corrected chi connectivity index (χ0v) is 15.6. The van der Waals surface area contributed by atoms with E-state index in [4.69, 9.17) is 4.74 Å². The molecular formula is C21H22BrNO. The molecule has 3 rings (SSSR count). The van der Waals surface area contributed by atoms with Gasteiger partial charge in [-0.05, 0) is 36.4 Å². The number of hydrogen-bond donors (Lipinski definition) is 0. The summed E-state index contributed by atoms with van der Waals surface area (Å²) in [5.74, 6) is 1.74. The molecule has 0 heterocycles. The molecular weight excluding hydrogens is 362 g/mol. The van der Waals surface area contributed by atoms with Crippen molar-refractivity contribution in [3.63, 3.8) is 0 Å². The third kappa shape index (κ3) is 4.70. The molecule has 0 spiro atoms. The van der Waals surface area contributed by atoms with Gasteiger partial charge in [0.05, 0.1) is 14.1 Å². The Kier molecular flexibility index (Phi) is 6.18. The van der Waals surface area contributed by atoms with Crippen LogP contribution >= 0.6 is 0 Å². The SMILES string of the molecule is C[N+](C)(Cc1cccc(Oc2ccccc2)c1)c1ccccc1.[Br-]. The smallest absolute Gasteiger partial charge is 0.132 e. The summed E-state index contributed by atoms with van der Waals surface area (Å²) in [4.78, 5) is 0. The predicted octanol–water partition coefficient (Wildman–Crippen LogP) is 2.25. The summed E-state index contributed by atoms with van der Waals surface area (Å²) in [6.07, 6.45) is 0. The van der Waals surface area contributed by atoms with Crippen LogP contribution in [-0.2, 0) is 6.54 Å². The molecule has 0 unspecified atom stereocenters. The van der Waals surface area contributed by atoms with Gasteiger partial charge in [-0.1, -0.05) is 48.5 Å². The molecule has 0 N–H and O–H groups in total. The van der Waals surface area contributed by atoms with Gasteiger partial charge in [-0.25, -0.2) is 0 Å². The Bertz CT molecular complexity index is 757. The molecule has 3 heteroatoms. The second-order valence-electron chi connectivity index (χ2n) is 6.24. The van der Waals surface area contributed by atoms with Gasteiger partial charge in [0.25, 0.3) is 0 Å². The van der Waals surface area contributed by atoms with E-state index in [1.54, 1.807) is 0 Å². The Balaban J connectivity index is 0.00000208. The quantitative estimate of drug-likeness (QED) is 0.614. The van der Waals surface area contributed by atoms with Crippen molar-refractivity contribution in [1.82, 2.24) is 4.48 Å². The molecule has 24 heavy (non-hydrogen) atoms. The van der Waals surface area contributed by atoms with Crippen LogP contribution in [0, 0.1) is 0 Å². The second-order valence-corrected chi connectivity index (χ2v) is 6.24. The maximum Gasteiger partial charge on any atom is 0.132 e. The topological polar surface area (TPSA) is 9.23 Å². The molecule has 0 aliphatic carbocycles. The number of ether oxygens (including phenoxy) is 1. The van der Waals surface area contributed by atoms with Gasteiger partial charge in [0.15, 0.2) is 0 Å². The van der Waals surface area contributed by atoms with Crippen LogP contribution in [0.5, 0.6) is 11.5 Å². The van der Waals surface area contributed by atoms with Crippen LogP contribution in [0.4, 0.5) is 5.69 Å². The summed E-state index contributed by atoms with van der Waals surface area (Å²) >= 11 is 0. The van der Waals surface area contributed by atoms with Crippen molar-refractivity contribution in [3.05, 3.63) is 90.5 Å². The first-order chi connectivity index (χ1) is 11.1. The molecule has 3 aromatic carbocycles. The minimum absolute atomic E-state index is 0. The third-order valence-corrected chi connectivity index (χ3v) is 3.91. The van der Waals surface area contributed by atoms with E-state index in [2.05, 4.69) is 62.6 Å². The van der Waals surface area contributed by atoms with Gasteiger partial charge in [-0.15, -0.1) is 0 Å². The van der Waals surface area contributed by atoms with Crippen LogP contribution in [0.1, 0.15) is 5.56 Å². The van der Waals surface area contributed by atoms with Crippen molar-refractivity contribution < 1.29 is 21.7 Å². The number of halogens is 1. The average molecular weight is 384 g/mol.